The Morgan fingerprint density at radius 1 is 1.16 bits per heavy atom. The normalized spacial score (nSPS) is 28.3. The summed E-state index contributed by atoms with van der Waals surface area (Å²) >= 11 is 0. The molecule has 0 aromatic carbocycles. The molecular formula is C18H29N5O2. The van der Waals surface area contributed by atoms with Crippen LogP contribution in [0.25, 0.3) is 0 Å². The van der Waals surface area contributed by atoms with Crippen LogP contribution in [-0.2, 0) is 16.0 Å². The number of rotatable bonds is 4. The number of H-pyrrole nitrogens is 1. The van der Waals surface area contributed by atoms with Crippen LogP contribution in [0.5, 0.6) is 0 Å². The summed E-state index contributed by atoms with van der Waals surface area (Å²) < 4.78 is 5.52. The highest BCUT2D eigenvalue weighted by atomic mass is 16.5. The fourth-order valence-electron chi connectivity index (χ4n) is 4.64. The first-order chi connectivity index (χ1) is 12.2. The summed E-state index contributed by atoms with van der Waals surface area (Å²) in [5, 5.41) is 6.99. The molecule has 4 saturated heterocycles. The monoisotopic (exact) mass is 347 g/mol. The van der Waals surface area contributed by atoms with Crippen molar-refractivity contribution in [1.29, 1.82) is 0 Å². The van der Waals surface area contributed by atoms with E-state index >= 15 is 0 Å². The molecule has 0 spiro atoms. The molecule has 138 valence electrons. The first-order valence-corrected chi connectivity index (χ1v) is 9.68. The molecule has 0 unspecified atom stereocenters. The fraction of sp³-hybridized carbons (Fsp3) is 0.833. The summed E-state index contributed by atoms with van der Waals surface area (Å²) in [6.45, 7) is 6.76. The third-order valence-electron chi connectivity index (χ3n) is 5.98. The van der Waals surface area contributed by atoms with E-state index in [0.29, 0.717) is 30.8 Å². The van der Waals surface area contributed by atoms with Gasteiger partial charge in [0.15, 0.2) is 5.82 Å². The van der Waals surface area contributed by atoms with E-state index in [1.54, 1.807) is 0 Å². The number of hydrogen-bond donors (Lipinski definition) is 1. The van der Waals surface area contributed by atoms with Crippen LogP contribution in [0, 0.1) is 12.8 Å². The molecule has 0 aliphatic carbocycles. The lowest BCUT2D eigenvalue weighted by atomic mass is 9.94. The van der Waals surface area contributed by atoms with Crippen LogP contribution < -0.4 is 0 Å². The van der Waals surface area contributed by atoms with Crippen LogP contribution in [0.4, 0.5) is 0 Å². The van der Waals surface area contributed by atoms with E-state index in [2.05, 4.69) is 25.0 Å². The number of aromatic nitrogens is 3. The van der Waals surface area contributed by atoms with E-state index < -0.39 is 0 Å². The van der Waals surface area contributed by atoms with Crippen molar-refractivity contribution >= 4 is 5.91 Å². The predicted octanol–water partition coefficient (Wildman–Crippen LogP) is 1.15. The number of ether oxygens (including phenoxy) is 1. The van der Waals surface area contributed by atoms with E-state index in [4.69, 9.17) is 4.74 Å². The van der Waals surface area contributed by atoms with Crippen molar-refractivity contribution in [3.63, 3.8) is 0 Å². The molecule has 2 bridgehead atoms. The molecule has 0 radical (unpaired) electrons. The summed E-state index contributed by atoms with van der Waals surface area (Å²) in [5.41, 5.74) is 0. The number of aromatic amines is 1. The first-order valence-electron chi connectivity index (χ1n) is 9.68. The number of carbonyl (C=O) groups excluding carboxylic acids is 1. The summed E-state index contributed by atoms with van der Waals surface area (Å²) in [6, 6.07) is 1.02. The minimum atomic E-state index is 0.269. The maximum atomic E-state index is 12.8. The Balaban J connectivity index is 1.37. The van der Waals surface area contributed by atoms with Crippen LogP contribution in [0.3, 0.4) is 0 Å². The van der Waals surface area contributed by atoms with Crippen molar-refractivity contribution in [2.75, 3.05) is 32.8 Å². The zero-order valence-corrected chi connectivity index (χ0v) is 15.1. The average molecular weight is 347 g/mol. The lowest BCUT2D eigenvalue weighted by Gasteiger charge is -2.37. The van der Waals surface area contributed by atoms with Gasteiger partial charge in [-0.3, -0.25) is 14.8 Å². The molecule has 4 fully saturated rings. The average Bonchev–Trinajstić information content (AvgIpc) is 2.85. The van der Waals surface area contributed by atoms with Crippen LogP contribution in [-0.4, -0.2) is 75.8 Å². The first kappa shape index (κ1) is 17.0. The van der Waals surface area contributed by atoms with Gasteiger partial charge in [-0.2, -0.15) is 5.10 Å². The van der Waals surface area contributed by atoms with Crippen LogP contribution >= 0.6 is 0 Å². The molecule has 5 rings (SSSR count). The topological polar surface area (TPSA) is 74.3 Å². The molecular weight excluding hydrogens is 318 g/mol. The Morgan fingerprint density at radius 3 is 2.76 bits per heavy atom. The van der Waals surface area contributed by atoms with Gasteiger partial charge in [-0.15, -0.1) is 0 Å². The Hall–Kier alpha value is -1.47. The van der Waals surface area contributed by atoms with Crippen LogP contribution in [0.2, 0.25) is 0 Å². The quantitative estimate of drug-likeness (QED) is 0.884. The van der Waals surface area contributed by atoms with Crippen molar-refractivity contribution in [2.45, 2.75) is 57.5 Å². The van der Waals surface area contributed by atoms with Gasteiger partial charge in [0.1, 0.15) is 5.82 Å². The zero-order valence-electron chi connectivity index (χ0n) is 15.1. The summed E-state index contributed by atoms with van der Waals surface area (Å²) in [5.74, 6) is 2.44. The third-order valence-corrected chi connectivity index (χ3v) is 5.98. The fourth-order valence-corrected chi connectivity index (χ4v) is 4.64. The van der Waals surface area contributed by atoms with Gasteiger partial charge in [0.2, 0.25) is 5.91 Å². The summed E-state index contributed by atoms with van der Waals surface area (Å²) in [4.78, 5) is 21.9. The molecule has 7 heteroatoms. The van der Waals surface area contributed by atoms with Crippen molar-refractivity contribution in [2.24, 2.45) is 5.92 Å². The number of hydrogen-bond acceptors (Lipinski definition) is 5. The molecule has 7 nitrogen and oxygen atoms in total. The number of carbonyl (C=O) groups is 1. The van der Waals surface area contributed by atoms with Gasteiger partial charge in [-0.25, -0.2) is 4.98 Å². The maximum Gasteiger partial charge on any atom is 0.223 e. The Labute approximate surface area is 149 Å². The second-order valence-corrected chi connectivity index (χ2v) is 7.78. The van der Waals surface area contributed by atoms with E-state index in [0.717, 1.165) is 63.8 Å². The molecule has 5 heterocycles. The number of piperidine rings is 1. The molecule has 1 aromatic heterocycles. The van der Waals surface area contributed by atoms with Crippen LogP contribution in [0.15, 0.2) is 0 Å². The highest BCUT2D eigenvalue weighted by Crippen LogP contribution is 2.31. The second-order valence-electron chi connectivity index (χ2n) is 7.78. The van der Waals surface area contributed by atoms with Gasteiger partial charge in [0.05, 0.1) is 0 Å². The van der Waals surface area contributed by atoms with E-state index in [9.17, 15) is 4.79 Å². The largest absolute Gasteiger partial charge is 0.381 e. The summed E-state index contributed by atoms with van der Waals surface area (Å²) in [7, 11) is 0. The van der Waals surface area contributed by atoms with Crippen molar-refractivity contribution < 1.29 is 9.53 Å². The molecule has 25 heavy (non-hydrogen) atoms. The van der Waals surface area contributed by atoms with Gasteiger partial charge in [-0.05, 0) is 38.5 Å². The summed E-state index contributed by atoms with van der Waals surface area (Å²) in [6.07, 6.45) is 5.82. The van der Waals surface area contributed by atoms with E-state index in [1.807, 2.05) is 6.92 Å². The molecule has 0 saturated carbocycles. The zero-order chi connectivity index (χ0) is 17.2. The van der Waals surface area contributed by atoms with E-state index in [-0.39, 0.29) is 5.91 Å². The van der Waals surface area contributed by atoms with Gasteiger partial charge < -0.3 is 9.64 Å². The van der Waals surface area contributed by atoms with Gasteiger partial charge >= 0.3 is 0 Å². The Kier molecular flexibility index (Phi) is 5.03. The van der Waals surface area contributed by atoms with Crippen molar-refractivity contribution in [1.82, 2.24) is 25.0 Å². The van der Waals surface area contributed by atoms with Gasteiger partial charge in [0, 0.05) is 57.8 Å². The smallest absolute Gasteiger partial charge is 0.223 e. The van der Waals surface area contributed by atoms with Gasteiger partial charge in [0.25, 0.3) is 0 Å². The lowest BCUT2D eigenvalue weighted by molar-refractivity contribution is -0.135. The predicted molar refractivity (Wildman–Crippen MR) is 93.1 cm³/mol. The molecule has 1 N–H and O–H groups in total. The highest BCUT2D eigenvalue weighted by molar-refractivity contribution is 5.77. The molecule has 4 aliphatic heterocycles. The number of fused-ring (bicyclic) bond motifs is 4. The SMILES string of the molecule is Cc1nc(CCC(=O)N2C[C@@H]3CC[C@H]2CN(C2CCOCC2)C3)n[nH]1. The number of amides is 1. The number of nitrogens with one attached hydrogen (secondary N) is 1. The lowest BCUT2D eigenvalue weighted by Crippen LogP contribution is -2.48. The highest BCUT2D eigenvalue weighted by Gasteiger charge is 2.39. The van der Waals surface area contributed by atoms with Crippen LogP contribution in [0.1, 0.15) is 43.8 Å². The van der Waals surface area contributed by atoms with Gasteiger partial charge in [-0.1, -0.05) is 0 Å². The Morgan fingerprint density at radius 2 is 2.00 bits per heavy atom. The Bertz CT molecular complexity index is 598. The number of nitrogens with zero attached hydrogens (tertiary/aromatic N) is 4. The number of aryl methyl sites for hydroxylation is 2. The minimum Gasteiger partial charge on any atom is -0.381 e. The maximum absolute atomic E-state index is 12.8. The third kappa shape index (κ3) is 3.87. The molecule has 4 aliphatic rings. The minimum absolute atomic E-state index is 0.269. The molecule has 1 amide bonds. The van der Waals surface area contributed by atoms with Crippen molar-refractivity contribution in [3.05, 3.63) is 11.6 Å². The molecule has 1 aromatic rings. The van der Waals surface area contributed by atoms with Crippen molar-refractivity contribution in [3.8, 4) is 0 Å². The second kappa shape index (κ2) is 7.41. The van der Waals surface area contributed by atoms with E-state index in [1.165, 1.54) is 6.42 Å². The molecule has 2 atom stereocenters. The standard InChI is InChI=1S/C18H29N5O2/c1-13-19-17(21-20-13)4-5-18(24)23-11-14-2-3-16(23)12-22(10-14)15-6-8-25-9-7-15/h14-16H,2-12H2,1H3,(H,19,20,21)/t14-,16+/m1/s1.